The summed E-state index contributed by atoms with van der Waals surface area (Å²) < 4.78 is 11.1. The molecule has 0 unspecified atom stereocenters. The normalized spacial score (nSPS) is 14.2. The fourth-order valence-electron chi connectivity index (χ4n) is 4.22. The first-order valence-electron chi connectivity index (χ1n) is 10.7. The second-order valence-corrected chi connectivity index (χ2v) is 8.11. The van der Waals surface area contributed by atoms with E-state index in [-0.39, 0.29) is 11.7 Å². The fourth-order valence-corrected chi connectivity index (χ4v) is 4.22. The summed E-state index contributed by atoms with van der Waals surface area (Å²) in [6, 6.07) is 17.8. The first-order chi connectivity index (χ1) is 14.6. The van der Waals surface area contributed by atoms with Gasteiger partial charge in [0, 0.05) is 12.0 Å². The van der Waals surface area contributed by atoms with Gasteiger partial charge in [-0.15, -0.1) is 0 Å². The Kier molecular flexibility index (Phi) is 6.22. The van der Waals surface area contributed by atoms with Crippen molar-refractivity contribution in [1.29, 1.82) is 0 Å². The molecule has 156 valence electrons. The highest BCUT2D eigenvalue weighted by molar-refractivity contribution is 5.89. The van der Waals surface area contributed by atoms with Crippen LogP contribution in [-0.2, 0) is 16.0 Å². The third-order valence-electron chi connectivity index (χ3n) is 5.97. The first kappa shape index (κ1) is 20.3. The summed E-state index contributed by atoms with van der Waals surface area (Å²) in [5, 5.41) is 11.8. The number of aryl methyl sites for hydroxylation is 1. The van der Waals surface area contributed by atoms with E-state index in [4.69, 9.17) is 9.47 Å². The first-order valence-corrected chi connectivity index (χ1v) is 10.7. The molecule has 0 bridgehead atoms. The van der Waals surface area contributed by atoms with Crippen molar-refractivity contribution in [3.63, 3.8) is 0 Å². The molecule has 0 aromatic heterocycles. The maximum Gasteiger partial charge on any atom is 0.305 e. The number of phenolic OH excluding ortho intramolecular Hbond substituents is 1. The third-order valence-corrected chi connectivity index (χ3v) is 5.97. The van der Waals surface area contributed by atoms with Gasteiger partial charge in [0.2, 0.25) is 0 Å². The molecule has 0 atom stereocenters. The number of hydrogen-bond donors (Lipinski definition) is 1. The lowest BCUT2D eigenvalue weighted by molar-refractivity contribution is -0.140. The molecule has 0 aliphatic heterocycles. The summed E-state index contributed by atoms with van der Waals surface area (Å²) in [6.07, 6.45) is 6.06. The Morgan fingerprint density at radius 2 is 1.77 bits per heavy atom. The molecule has 0 saturated heterocycles. The van der Waals surface area contributed by atoms with Gasteiger partial charge in [0.15, 0.2) is 0 Å². The largest absolute Gasteiger partial charge is 0.508 e. The van der Waals surface area contributed by atoms with Gasteiger partial charge >= 0.3 is 5.97 Å². The number of carbonyl (C=O) groups is 1. The molecule has 0 radical (unpaired) electrons. The van der Waals surface area contributed by atoms with Crippen LogP contribution in [0.3, 0.4) is 0 Å². The Bertz CT molecular complexity index is 1030. The van der Waals surface area contributed by atoms with Gasteiger partial charge in [0.05, 0.1) is 13.7 Å². The predicted molar refractivity (Wildman–Crippen MR) is 119 cm³/mol. The van der Waals surface area contributed by atoms with E-state index in [9.17, 15) is 9.90 Å². The zero-order chi connectivity index (χ0) is 20.9. The van der Waals surface area contributed by atoms with Gasteiger partial charge in [0.1, 0.15) is 11.5 Å². The lowest BCUT2D eigenvalue weighted by atomic mass is 9.97. The average molecular weight is 405 g/mol. The smallest absolute Gasteiger partial charge is 0.305 e. The summed E-state index contributed by atoms with van der Waals surface area (Å²) in [6.45, 7) is 0.746. The van der Waals surface area contributed by atoms with E-state index in [0.717, 1.165) is 39.8 Å². The van der Waals surface area contributed by atoms with Crippen LogP contribution in [0.2, 0.25) is 0 Å². The van der Waals surface area contributed by atoms with Crippen molar-refractivity contribution in [3.05, 3.63) is 60.2 Å². The number of fused-ring (bicyclic) bond motifs is 1. The Balaban J connectivity index is 1.65. The number of esters is 1. The molecule has 1 N–H and O–H groups in total. The molecule has 1 aliphatic rings. The van der Waals surface area contributed by atoms with Gasteiger partial charge in [-0.3, -0.25) is 4.79 Å². The van der Waals surface area contributed by atoms with Crippen molar-refractivity contribution in [2.45, 2.75) is 38.5 Å². The number of phenols is 1. The molecule has 30 heavy (non-hydrogen) atoms. The molecule has 1 saturated carbocycles. The number of hydrogen-bond acceptors (Lipinski definition) is 4. The number of carbonyl (C=O) groups excluding carboxylic acids is 1. The van der Waals surface area contributed by atoms with Gasteiger partial charge in [-0.05, 0) is 77.4 Å². The molecule has 4 rings (SSSR count). The van der Waals surface area contributed by atoms with Crippen molar-refractivity contribution in [2.24, 2.45) is 5.92 Å². The minimum Gasteiger partial charge on any atom is -0.508 e. The minimum absolute atomic E-state index is 0.205. The Hall–Kier alpha value is -3.01. The Labute approximate surface area is 177 Å². The monoisotopic (exact) mass is 404 g/mol. The van der Waals surface area contributed by atoms with Crippen LogP contribution in [0.1, 0.15) is 37.7 Å². The number of rotatable bonds is 7. The maximum absolute atomic E-state index is 11.6. The predicted octanol–water partition coefficient (Wildman–Crippen LogP) is 5.89. The molecule has 4 nitrogen and oxygen atoms in total. The highest BCUT2D eigenvalue weighted by Gasteiger charge is 2.17. The summed E-state index contributed by atoms with van der Waals surface area (Å²) in [5.41, 5.74) is 3.18. The second-order valence-electron chi connectivity index (χ2n) is 8.11. The standard InChI is InChI=1S/C26H28O4/c1-29-26(28)13-7-18-6-12-25(30-17-19-4-2-3-5-19)24(14-18)22-9-8-21-16-23(27)11-10-20(21)15-22/h6,8-12,14-16,19,27H,2-5,7,13,17H2,1H3. The SMILES string of the molecule is COC(=O)CCc1ccc(OCC2CCCC2)c(-c2ccc3cc(O)ccc3c2)c1. The van der Waals surface area contributed by atoms with Gasteiger partial charge in [0.25, 0.3) is 0 Å². The average Bonchev–Trinajstić information content (AvgIpc) is 3.29. The molecule has 0 amide bonds. The van der Waals surface area contributed by atoms with Gasteiger partial charge < -0.3 is 14.6 Å². The Morgan fingerprint density at radius 1 is 1.00 bits per heavy atom. The Morgan fingerprint density at radius 3 is 2.57 bits per heavy atom. The van der Waals surface area contributed by atoms with Crippen LogP contribution in [0.25, 0.3) is 21.9 Å². The van der Waals surface area contributed by atoms with Crippen molar-refractivity contribution in [2.75, 3.05) is 13.7 Å². The van der Waals surface area contributed by atoms with Gasteiger partial charge in [-0.25, -0.2) is 0 Å². The molecule has 4 heteroatoms. The quantitative estimate of drug-likeness (QED) is 0.499. The van der Waals surface area contributed by atoms with Crippen molar-refractivity contribution in [1.82, 2.24) is 0 Å². The summed E-state index contributed by atoms with van der Waals surface area (Å²) in [4.78, 5) is 11.6. The maximum atomic E-state index is 11.6. The van der Waals surface area contributed by atoms with Crippen LogP contribution < -0.4 is 4.74 Å². The van der Waals surface area contributed by atoms with E-state index < -0.39 is 0 Å². The van der Waals surface area contributed by atoms with E-state index in [0.29, 0.717) is 18.8 Å². The second kappa shape index (κ2) is 9.21. The lowest BCUT2D eigenvalue weighted by Crippen LogP contribution is -2.09. The van der Waals surface area contributed by atoms with E-state index in [1.807, 2.05) is 24.3 Å². The molecule has 3 aromatic carbocycles. The molecule has 1 fully saturated rings. The third kappa shape index (κ3) is 4.76. The van der Waals surface area contributed by atoms with Crippen LogP contribution >= 0.6 is 0 Å². The highest BCUT2D eigenvalue weighted by atomic mass is 16.5. The molecule has 1 aliphatic carbocycles. The van der Waals surface area contributed by atoms with Crippen LogP contribution in [0, 0.1) is 5.92 Å². The number of methoxy groups -OCH3 is 1. The van der Waals surface area contributed by atoms with Gasteiger partial charge in [-0.1, -0.05) is 37.1 Å². The van der Waals surface area contributed by atoms with Crippen LogP contribution in [-0.4, -0.2) is 24.8 Å². The topological polar surface area (TPSA) is 55.8 Å². The van der Waals surface area contributed by atoms with Crippen LogP contribution in [0.4, 0.5) is 0 Å². The van der Waals surface area contributed by atoms with Crippen molar-refractivity contribution in [3.8, 4) is 22.6 Å². The summed E-state index contributed by atoms with van der Waals surface area (Å²) >= 11 is 0. The minimum atomic E-state index is -0.205. The molecule has 3 aromatic rings. The molecule has 0 heterocycles. The summed E-state index contributed by atoms with van der Waals surface area (Å²) in [7, 11) is 1.42. The highest BCUT2D eigenvalue weighted by Crippen LogP contribution is 2.35. The molecule has 0 spiro atoms. The lowest BCUT2D eigenvalue weighted by Gasteiger charge is -2.16. The van der Waals surface area contributed by atoms with E-state index >= 15 is 0 Å². The van der Waals surface area contributed by atoms with Crippen molar-refractivity contribution < 1.29 is 19.4 Å². The van der Waals surface area contributed by atoms with E-state index in [2.05, 4.69) is 18.2 Å². The number of benzene rings is 3. The molecular formula is C26H28O4. The zero-order valence-corrected chi connectivity index (χ0v) is 17.4. The molecular weight excluding hydrogens is 376 g/mol. The number of aromatic hydroxyl groups is 1. The summed E-state index contributed by atoms with van der Waals surface area (Å²) in [5.74, 6) is 1.57. The van der Waals surface area contributed by atoms with E-state index in [1.165, 1.54) is 32.8 Å². The van der Waals surface area contributed by atoms with Crippen LogP contribution in [0.15, 0.2) is 54.6 Å². The van der Waals surface area contributed by atoms with Crippen LogP contribution in [0.5, 0.6) is 11.5 Å². The number of ether oxygens (including phenoxy) is 2. The van der Waals surface area contributed by atoms with E-state index in [1.54, 1.807) is 12.1 Å². The van der Waals surface area contributed by atoms with Gasteiger partial charge in [-0.2, -0.15) is 0 Å². The zero-order valence-electron chi connectivity index (χ0n) is 17.4. The fraction of sp³-hybridized carbons (Fsp3) is 0.346. The van der Waals surface area contributed by atoms with Crippen molar-refractivity contribution >= 4 is 16.7 Å².